The van der Waals surface area contributed by atoms with Gasteiger partial charge in [0.15, 0.2) is 0 Å². The molecule has 0 aliphatic heterocycles. The van der Waals surface area contributed by atoms with Gasteiger partial charge in [-0.25, -0.2) is 0 Å². The number of benzene rings is 2. The van der Waals surface area contributed by atoms with Crippen molar-refractivity contribution < 1.29 is 9.90 Å². The van der Waals surface area contributed by atoms with Crippen molar-refractivity contribution in [3.63, 3.8) is 0 Å². The zero-order chi connectivity index (χ0) is 14.4. The second-order valence-corrected chi connectivity index (χ2v) is 5.31. The van der Waals surface area contributed by atoms with Crippen LogP contribution in [0.1, 0.15) is 22.8 Å². The molecule has 0 atom stereocenters. The summed E-state index contributed by atoms with van der Waals surface area (Å²) in [5.41, 5.74) is 1.52. The van der Waals surface area contributed by atoms with E-state index in [1.807, 2.05) is 55.5 Å². The van der Waals surface area contributed by atoms with Crippen molar-refractivity contribution in [2.24, 2.45) is 0 Å². The maximum atomic E-state index is 12.0. The number of aliphatic hydroxyl groups is 1. The van der Waals surface area contributed by atoms with Gasteiger partial charge in [-0.05, 0) is 30.7 Å². The first-order valence-electron chi connectivity index (χ1n) is 6.50. The lowest BCUT2D eigenvalue weighted by Crippen LogP contribution is -2.23. The minimum Gasteiger partial charge on any atom is -0.392 e. The van der Waals surface area contributed by atoms with Crippen LogP contribution in [0.4, 0.5) is 0 Å². The van der Waals surface area contributed by atoms with Crippen molar-refractivity contribution in [1.29, 1.82) is 0 Å². The van der Waals surface area contributed by atoms with Crippen LogP contribution in [0, 0.1) is 0 Å². The Labute approximate surface area is 123 Å². The Kier molecular flexibility index (Phi) is 5.21. The highest BCUT2D eigenvalue weighted by Crippen LogP contribution is 2.32. The van der Waals surface area contributed by atoms with Crippen LogP contribution < -0.4 is 5.32 Å². The largest absolute Gasteiger partial charge is 0.392 e. The lowest BCUT2D eigenvalue weighted by atomic mass is 10.2. The van der Waals surface area contributed by atoms with Crippen LogP contribution in [-0.2, 0) is 6.61 Å². The van der Waals surface area contributed by atoms with E-state index in [1.165, 1.54) is 11.8 Å². The number of nitrogens with one attached hydrogen (secondary N) is 1. The Bertz CT molecular complexity index is 599. The molecule has 0 aliphatic rings. The molecule has 2 N–H and O–H groups in total. The highest BCUT2D eigenvalue weighted by Gasteiger charge is 2.12. The quantitative estimate of drug-likeness (QED) is 0.888. The van der Waals surface area contributed by atoms with Gasteiger partial charge in [0.05, 0.1) is 12.2 Å². The van der Waals surface area contributed by atoms with Gasteiger partial charge in [-0.1, -0.05) is 42.1 Å². The molecule has 1 amide bonds. The van der Waals surface area contributed by atoms with Crippen LogP contribution in [0.5, 0.6) is 0 Å². The average molecular weight is 287 g/mol. The van der Waals surface area contributed by atoms with E-state index < -0.39 is 0 Å². The number of amides is 1. The van der Waals surface area contributed by atoms with Gasteiger partial charge in [-0.3, -0.25) is 4.79 Å². The topological polar surface area (TPSA) is 49.3 Å². The van der Waals surface area contributed by atoms with Crippen molar-refractivity contribution in [1.82, 2.24) is 5.32 Å². The lowest BCUT2D eigenvalue weighted by molar-refractivity contribution is 0.0953. The predicted molar refractivity (Wildman–Crippen MR) is 80.9 cm³/mol. The molecule has 0 bridgehead atoms. The first-order valence-corrected chi connectivity index (χ1v) is 7.31. The molecule has 3 nitrogen and oxygen atoms in total. The Morgan fingerprint density at radius 1 is 1.10 bits per heavy atom. The van der Waals surface area contributed by atoms with E-state index in [4.69, 9.17) is 0 Å². The Hall–Kier alpha value is -1.78. The molecule has 0 aliphatic carbocycles. The van der Waals surface area contributed by atoms with Crippen molar-refractivity contribution in [3.8, 4) is 0 Å². The molecule has 2 aromatic rings. The first-order chi connectivity index (χ1) is 9.76. The number of hydrogen-bond acceptors (Lipinski definition) is 3. The predicted octanol–water partition coefficient (Wildman–Crippen LogP) is 3.08. The molecular formula is C16H17NO2S. The summed E-state index contributed by atoms with van der Waals surface area (Å²) in [4.78, 5) is 13.9. The van der Waals surface area contributed by atoms with Crippen LogP contribution >= 0.6 is 11.8 Å². The summed E-state index contributed by atoms with van der Waals surface area (Å²) >= 11 is 1.50. The second kappa shape index (κ2) is 7.12. The van der Waals surface area contributed by atoms with E-state index in [2.05, 4.69) is 5.32 Å². The third-order valence-electron chi connectivity index (χ3n) is 2.83. The summed E-state index contributed by atoms with van der Waals surface area (Å²) in [5, 5.41) is 12.2. The summed E-state index contributed by atoms with van der Waals surface area (Å²) in [6, 6.07) is 15.2. The Morgan fingerprint density at radius 3 is 2.45 bits per heavy atom. The Morgan fingerprint density at radius 2 is 1.75 bits per heavy atom. The summed E-state index contributed by atoms with van der Waals surface area (Å²) in [6.45, 7) is 2.49. The number of hydrogen-bond donors (Lipinski definition) is 2. The van der Waals surface area contributed by atoms with E-state index in [-0.39, 0.29) is 12.5 Å². The molecule has 2 aromatic carbocycles. The maximum Gasteiger partial charge on any atom is 0.252 e. The number of rotatable bonds is 5. The molecule has 0 radical (unpaired) electrons. The fraction of sp³-hybridized carbons (Fsp3) is 0.188. The fourth-order valence-corrected chi connectivity index (χ4v) is 2.92. The van der Waals surface area contributed by atoms with E-state index in [9.17, 15) is 9.90 Å². The van der Waals surface area contributed by atoms with Crippen molar-refractivity contribution in [3.05, 3.63) is 59.7 Å². The molecule has 0 fully saturated rings. The minimum atomic E-state index is -0.0721. The maximum absolute atomic E-state index is 12.0. The van der Waals surface area contributed by atoms with E-state index in [0.29, 0.717) is 12.1 Å². The van der Waals surface area contributed by atoms with Gasteiger partial charge in [0.25, 0.3) is 5.91 Å². The molecule has 2 rings (SSSR count). The summed E-state index contributed by atoms with van der Waals surface area (Å²) in [5.74, 6) is -0.0721. The lowest BCUT2D eigenvalue weighted by Gasteiger charge is -2.11. The van der Waals surface area contributed by atoms with Gasteiger partial charge in [0.1, 0.15) is 0 Å². The zero-order valence-electron chi connectivity index (χ0n) is 11.3. The third-order valence-corrected chi connectivity index (χ3v) is 4.03. The van der Waals surface area contributed by atoms with Crippen molar-refractivity contribution in [2.45, 2.75) is 23.3 Å². The van der Waals surface area contributed by atoms with Crippen LogP contribution in [0.2, 0.25) is 0 Å². The van der Waals surface area contributed by atoms with Crippen molar-refractivity contribution in [2.75, 3.05) is 6.54 Å². The summed E-state index contributed by atoms with van der Waals surface area (Å²) in [6.07, 6.45) is 0. The van der Waals surface area contributed by atoms with E-state index >= 15 is 0 Å². The Balaban J connectivity index is 2.32. The fourth-order valence-electron chi connectivity index (χ4n) is 1.85. The molecule has 0 heterocycles. The van der Waals surface area contributed by atoms with Gasteiger partial charge >= 0.3 is 0 Å². The normalized spacial score (nSPS) is 10.3. The molecule has 4 heteroatoms. The molecule has 0 aromatic heterocycles. The third kappa shape index (κ3) is 3.40. The van der Waals surface area contributed by atoms with Gasteiger partial charge in [-0.15, -0.1) is 0 Å². The number of carbonyl (C=O) groups is 1. The number of carbonyl (C=O) groups excluding carboxylic acids is 1. The van der Waals surface area contributed by atoms with Crippen LogP contribution in [-0.4, -0.2) is 17.6 Å². The second-order valence-electron chi connectivity index (χ2n) is 4.22. The van der Waals surface area contributed by atoms with Gasteiger partial charge in [0.2, 0.25) is 0 Å². The molecule has 0 spiro atoms. The van der Waals surface area contributed by atoms with Gasteiger partial charge in [0, 0.05) is 16.3 Å². The smallest absolute Gasteiger partial charge is 0.252 e. The van der Waals surface area contributed by atoms with Crippen LogP contribution in [0.3, 0.4) is 0 Å². The first kappa shape index (κ1) is 14.6. The zero-order valence-corrected chi connectivity index (χ0v) is 12.1. The monoisotopic (exact) mass is 287 g/mol. The van der Waals surface area contributed by atoms with E-state index in [0.717, 1.165) is 15.4 Å². The van der Waals surface area contributed by atoms with Gasteiger partial charge in [-0.2, -0.15) is 0 Å². The molecule has 20 heavy (non-hydrogen) atoms. The summed E-state index contributed by atoms with van der Waals surface area (Å²) < 4.78 is 0. The van der Waals surface area contributed by atoms with Crippen LogP contribution in [0.15, 0.2) is 58.3 Å². The highest BCUT2D eigenvalue weighted by molar-refractivity contribution is 7.99. The molecule has 0 saturated heterocycles. The average Bonchev–Trinajstić information content (AvgIpc) is 2.48. The number of aliphatic hydroxyl groups excluding tert-OH is 1. The molecular weight excluding hydrogens is 270 g/mol. The highest BCUT2D eigenvalue weighted by atomic mass is 32.2. The molecule has 0 unspecified atom stereocenters. The van der Waals surface area contributed by atoms with E-state index in [1.54, 1.807) is 0 Å². The van der Waals surface area contributed by atoms with Gasteiger partial charge < -0.3 is 10.4 Å². The molecule has 0 saturated carbocycles. The molecule has 104 valence electrons. The SMILES string of the molecule is CCNC(=O)c1ccccc1Sc1ccccc1CO. The standard InChI is InChI=1S/C16H17NO2S/c1-2-17-16(19)13-8-4-6-10-15(13)20-14-9-5-3-7-12(14)11-18/h3-10,18H,2,11H2,1H3,(H,17,19). The van der Waals surface area contributed by atoms with Crippen molar-refractivity contribution >= 4 is 17.7 Å². The minimum absolute atomic E-state index is 0.00744. The summed E-state index contributed by atoms with van der Waals surface area (Å²) in [7, 11) is 0. The van der Waals surface area contributed by atoms with Crippen LogP contribution in [0.25, 0.3) is 0 Å².